The van der Waals surface area contributed by atoms with Gasteiger partial charge in [0.15, 0.2) is 0 Å². The summed E-state index contributed by atoms with van der Waals surface area (Å²) in [6.07, 6.45) is 0.568. The monoisotopic (exact) mass is 431 g/mol. The lowest BCUT2D eigenvalue weighted by atomic mass is 10.2. The summed E-state index contributed by atoms with van der Waals surface area (Å²) >= 11 is 0. The Kier molecular flexibility index (Phi) is 7.41. The molecule has 4 aromatic carbocycles. The Morgan fingerprint density at radius 1 is 0.567 bits per heavy atom. The number of hydrogen-bond acceptors (Lipinski definition) is 1. The molecule has 0 aliphatic carbocycles. The van der Waals surface area contributed by atoms with Crippen molar-refractivity contribution in [1.82, 2.24) is 5.32 Å². The maximum absolute atomic E-state index is 12.9. The van der Waals surface area contributed by atoms with E-state index in [0.29, 0.717) is 11.8 Å². The number of carbonyl (C=O) groups excluding carboxylic acids is 1. The lowest BCUT2D eigenvalue weighted by molar-refractivity contribution is -0.0000138. The average molecular weight is 432 g/mol. The van der Waals surface area contributed by atoms with Gasteiger partial charge in [0.25, 0.3) is 5.91 Å². The maximum atomic E-state index is 12.9. The molecular weight excluding hydrogens is 409 g/mol. The van der Waals surface area contributed by atoms with Crippen LogP contribution in [0.15, 0.2) is 121 Å². The summed E-state index contributed by atoms with van der Waals surface area (Å²) in [4.78, 5) is 12.9. The zero-order valence-electron chi connectivity index (χ0n) is 16.5. The Morgan fingerprint density at radius 2 is 0.900 bits per heavy atom. The summed E-state index contributed by atoms with van der Waals surface area (Å²) in [6.45, 7) is 0. The van der Waals surface area contributed by atoms with Crippen molar-refractivity contribution in [1.29, 1.82) is 0 Å². The number of rotatable bonds is 6. The molecule has 2 nitrogen and oxygen atoms in total. The van der Waals surface area contributed by atoms with E-state index in [9.17, 15) is 4.79 Å². The van der Waals surface area contributed by atoms with Crippen molar-refractivity contribution in [2.75, 3.05) is 6.29 Å². The van der Waals surface area contributed by atoms with Gasteiger partial charge in [0, 0.05) is 5.56 Å². The van der Waals surface area contributed by atoms with Crippen molar-refractivity contribution in [2.24, 2.45) is 0 Å². The molecule has 4 heteroatoms. The summed E-state index contributed by atoms with van der Waals surface area (Å²) in [6, 6.07) is 41.1. The highest BCUT2D eigenvalue weighted by Gasteiger charge is 2.45. The van der Waals surface area contributed by atoms with Gasteiger partial charge < -0.3 is 17.7 Å². The predicted molar refractivity (Wildman–Crippen MR) is 124 cm³/mol. The molecule has 0 saturated heterocycles. The Labute approximate surface area is 184 Å². The fourth-order valence-electron chi connectivity index (χ4n) is 3.65. The first-order valence-electron chi connectivity index (χ1n) is 9.69. The molecule has 0 aliphatic rings. The number of benzene rings is 4. The fourth-order valence-corrected chi connectivity index (χ4v) is 7.52. The molecule has 0 aliphatic heterocycles. The molecule has 4 rings (SSSR count). The van der Waals surface area contributed by atoms with Crippen molar-refractivity contribution >= 4 is 29.1 Å². The van der Waals surface area contributed by atoms with Crippen LogP contribution in [0.3, 0.4) is 0 Å². The smallest absolute Gasteiger partial charge is 0.254 e. The Morgan fingerprint density at radius 3 is 1.27 bits per heavy atom. The molecule has 0 bridgehead atoms. The van der Waals surface area contributed by atoms with Gasteiger partial charge >= 0.3 is 0 Å². The van der Waals surface area contributed by atoms with Gasteiger partial charge in [0.2, 0.25) is 0 Å². The molecule has 0 heterocycles. The van der Waals surface area contributed by atoms with E-state index in [-0.39, 0.29) is 18.3 Å². The highest BCUT2D eigenvalue weighted by molar-refractivity contribution is 7.95. The Balaban J connectivity index is 0.00000256. The standard InChI is InChI=1S/C26H22NOP.ClH/c28-26(22-13-5-1-6-14-22)27-21-29(23-15-7-2-8-16-23,24-17-9-3-10-18-24)25-19-11-4-12-20-25;/h1-20H,21H2;1H. The van der Waals surface area contributed by atoms with Gasteiger partial charge in [-0.25, -0.2) is 0 Å². The SMILES string of the molecule is O=C(NC[P+](c1ccccc1)(c1ccccc1)c1ccccc1)c1ccccc1.[Cl-]. The zero-order valence-corrected chi connectivity index (χ0v) is 18.1. The van der Waals surface area contributed by atoms with Gasteiger partial charge in [-0.05, 0) is 48.5 Å². The third-order valence-electron chi connectivity index (χ3n) is 5.10. The lowest BCUT2D eigenvalue weighted by Crippen LogP contribution is -3.00. The summed E-state index contributed by atoms with van der Waals surface area (Å²) in [5, 5.41) is 7.01. The van der Waals surface area contributed by atoms with E-state index in [1.165, 1.54) is 15.9 Å². The topological polar surface area (TPSA) is 29.1 Å². The van der Waals surface area contributed by atoms with Crippen LogP contribution in [-0.2, 0) is 0 Å². The van der Waals surface area contributed by atoms with Crippen molar-refractivity contribution in [3.05, 3.63) is 127 Å². The van der Waals surface area contributed by atoms with Crippen molar-refractivity contribution in [3.8, 4) is 0 Å². The van der Waals surface area contributed by atoms with Crippen LogP contribution >= 0.6 is 7.26 Å². The van der Waals surface area contributed by atoms with Gasteiger partial charge in [-0.1, -0.05) is 72.8 Å². The van der Waals surface area contributed by atoms with E-state index in [2.05, 4.69) is 78.1 Å². The summed E-state index contributed by atoms with van der Waals surface area (Å²) in [5.74, 6) is -0.0437. The Bertz CT molecular complexity index is 961. The molecule has 0 spiro atoms. The van der Waals surface area contributed by atoms with Gasteiger partial charge in [-0.15, -0.1) is 0 Å². The molecule has 30 heavy (non-hydrogen) atoms. The van der Waals surface area contributed by atoms with Gasteiger partial charge in [0.05, 0.1) is 0 Å². The zero-order chi connectivity index (χ0) is 19.9. The third-order valence-corrected chi connectivity index (χ3v) is 9.28. The number of hydrogen-bond donors (Lipinski definition) is 1. The molecular formula is C26H23ClNOP. The van der Waals surface area contributed by atoms with Crippen molar-refractivity contribution in [3.63, 3.8) is 0 Å². The molecule has 1 amide bonds. The average Bonchev–Trinajstić information content (AvgIpc) is 2.82. The van der Waals surface area contributed by atoms with Crippen molar-refractivity contribution in [2.45, 2.75) is 0 Å². The van der Waals surface area contributed by atoms with Gasteiger partial charge in [-0.3, -0.25) is 4.79 Å². The highest BCUT2D eigenvalue weighted by Crippen LogP contribution is 2.54. The highest BCUT2D eigenvalue weighted by atomic mass is 35.5. The van der Waals surface area contributed by atoms with Crippen LogP contribution in [0.4, 0.5) is 0 Å². The first kappa shape index (κ1) is 21.8. The normalized spacial score (nSPS) is 10.7. The number of carbonyl (C=O) groups is 1. The number of halogens is 1. The minimum Gasteiger partial charge on any atom is -1.00 e. The third kappa shape index (κ3) is 4.46. The quantitative estimate of drug-likeness (QED) is 0.459. The van der Waals surface area contributed by atoms with Gasteiger partial charge in [-0.2, -0.15) is 0 Å². The minimum absolute atomic E-state index is 0. The molecule has 0 atom stereocenters. The molecule has 150 valence electrons. The van der Waals surface area contributed by atoms with Gasteiger partial charge in [0.1, 0.15) is 29.5 Å². The van der Waals surface area contributed by atoms with Crippen LogP contribution in [-0.4, -0.2) is 12.2 Å². The molecule has 0 unspecified atom stereocenters. The van der Waals surface area contributed by atoms with Crippen LogP contribution in [0.1, 0.15) is 10.4 Å². The first-order chi connectivity index (χ1) is 14.3. The lowest BCUT2D eigenvalue weighted by Gasteiger charge is -2.27. The Hall–Kier alpha value is -2.93. The van der Waals surface area contributed by atoms with E-state index in [1.807, 2.05) is 48.5 Å². The van der Waals surface area contributed by atoms with E-state index in [4.69, 9.17) is 0 Å². The largest absolute Gasteiger partial charge is 1.00 e. The molecule has 1 N–H and O–H groups in total. The number of amides is 1. The van der Waals surface area contributed by atoms with E-state index in [0.717, 1.165) is 0 Å². The summed E-state index contributed by atoms with van der Waals surface area (Å²) < 4.78 is 0. The van der Waals surface area contributed by atoms with Crippen LogP contribution in [0.5, 0.6) is 0 Å². The molecule has 0 fully saturated rings. The van der Waals surface area contributed by atoms with E-state index in [1.54, 1.807) is 0 Å². The second kappa shape index (κ2) is 10.2. The second-order valence-electron chi connectivity index (χ2n) is 6.85. The molecule has 0 radical (unpaired) electrons. The molecule has 4 aromatic rings. The first-order valence-corrected chi connectivity index (χ1v) is 11.7. The second-order valence-corrected chi connectivity index (χ2v) is 10.3. The maximum Gasteiger partial charge on any atom is 0.254 e. The van der Waals surface area contributed by atoms with E-state index < -0.39 is 7.26 Å². The molecule has 0 aromatic heterocycles. The van der Waals surface area contributed by atoms with Crippen LogP contribution in [0.2, 0.25) is 0 Å². The van der Waals surface area contributed by atoms with Crippen molar-refractivity contribution < 1.29 is 17.2 Å². The summed E-state index contributed by atoms with van der Waals surface area (Å²) in [5.41, 5.74) is 0.680. The predicted octanol–water partition coefficient (Wildman–Crippen LogP) is 1.37. The summed E-state index contributed by atoms with van der Waals surface area (Å²) in [7, 11) is -2.06. The number of nitrogens with one attached hydrogen (secondary N) is 1. The minimum atomic E-state index is -2.06. The van der Waals surface area contributed by atoms with Crippen LogP contribution in [0, 0.1) is 0 Å². The fraction of sp³-hybridized carbons (Fsp3) is 0.0385. The molecule has 0 saturated carbocycles. The van der Waals surface area contributed by atoms with Crippen LogP contribution < -0.4 is 33.6 Å². The van der Waals surface area contributed by atoms with Crippen LogP contribution in [0.25, 0.3) is 0 Å². The van der Waals surface area contributed by atoms with E-state index >= 15 is 0 Å².